The molecule has 2 nitrogen and oxygen atoms in total. The van der Waals surface area contributed by atoms with Gasteiger partial charge in [-0.25, -0.2) is 0 Å². The second-order valence-electron chi connectivity index (χ2n) is 5.39. The minimum absolute atomic E-state index is 0.241. The zero-order chi connectivity index (χ0) is 13.9. The van der Waals surface area contributed by atoms with Gasteiger partial charge >= 0.3 is 0 Å². The molecule has 1 amide bonds. The van der Waals surface area contributed by atoms with E-state index in [1.165, 1.54) is 10.8 Å². The second kappa shape index (κ2) is 5.96. The highest BCUT2D eigenvalue weighted by atomic mass is 79.9. The first kappa shape index (κ1) is 13.6. The van der Waals surface area contributed by atoms with Gasteiger partial charge in [0.15, 0.2) is 0 Å². The van der Waals surface area contributed by atoms with Gasteiger partial charge in [-0.15, -0.1) is 0 Å². The van der Waals surface area contributed by atoms with Crippen LogP contribution in [0.4, 0.5) is 0 Å². The monoisotopic (exact) mass is 331 g/mol. The lowest BCUT2D eigenvalue weighted by atomic mass is 10.0. The number of amides is 1. The van der Waals surface area contributed by atoms with Crippen molar-refractivity contribution in [2.75, 3.05) is 13.1 Å². The highest BCUT2D eigenvalue weighted by Gasteiger charge is 2.22. The SMILES string of the molecule is O=C(Cc1cccc2ccccc12)N1CCCC(Br)C1. The third-order valence-corrected chi connectivity index (χ3v) is 4.69. The van der Waals surface area contributed by atoms with E-state index < -0.39 is 0 Å². The minimum atomic E-state index is 0.241. The lowest BCUT2D eigenvalue weighted by Crippen LogP contribution is -2.41. The lowest BCUT2D eigenvalue weighted by Gasteiger charge is -2.30. The van der Waals surface area contributed by atoms with Crippen molar-refractivity contribution < 1.29 is 4.79 Å². The Balaban J connectivity index is 1.80. The zero-order valence-corrected chi connectivity index (χ0v) is 13.0. The Morgan fingerprint density at radius 2 is 2.00 bits per heavy atom. The van der Waals surface area contributed by atoms with Gasteiger partial charge in [-0.1, -0.05) is 58.4 Å². The molecule has 0 aliphatic carbocycles. The number of piperidine rings is 1. The summed E-state index contributed by atoms with van der Waals surface area (Å²) in [7, 11) is 0. The van der Waals surface area contributed by atoms with E-state index in [0.717, 1.165) is 31.5 Å². The molecule has 1 aliphatic heterocycles. The number of halogens is 1. The van der Waals surface area contributed by atoms with Crippen molar-refractivity contribution in [1.82, 2.24) is 4.90 Å². The molecule has 20 heavy (non-hydrogen) atoms. The van der Waals surface area contributed by atoms with Crippen molar-refractivity contribution in [3.05, 3.63) is 48.0 Å². The molecular formula is C17H18BrNO. The smallest absolute Gasteiger partial charge is 0.227 e. The van der Waals surface area contributed by atoms with Gasteiger partial charge in [0.1, 0.15) is 0 Å². The van der Waals surface area contributed by atoms with Crippen LogP contribution in [0.15, 0.2) is 42.5 Å². The Kier molecular flexibility index (Phi) is 4.06. The van der Waals surface area contributed by atoms with Crippen LogP contribution in [0.25, 0.3) is 10.8 Å². The molecule has 0 spiro atoms. The molecule has 1 heterocycles. The summed E-state index contributed by atoms with van der Waals surface area (Å²) in [5.41, 5.74) is 1.13. The maximum absolute atomic E-state index is 12.5. The molecule has 0 saturated carbocycles. The van der Waals surface area contributed by atoms with Gasteiger partial charge in [0.25, 0.3) is 0 Å². The maximum Gasteiger partial charge on any atom is 0.227 e. The summed E-state index contributed by atoms with van der Waals surface area (Å²) in [6.45, 7) is 1.73. The molecule has 3 heteroatoms. The van der Waals surface area contributed by atoms with E-state index >= 15 is 0 Å². The van der Waals surface area contributed by atoms with Gasteiger partial charge in [-0.05, 0) is 29.2 Å². The minimum Gasteiger partial charge on any atom is -0.341 e. The highest BCUT2D eigenvalue weighted by Crippen LogP contribution is 2.21. The Bertz CT molecular complexity index is 620. The third-order valence-electron chi connectivity index (χ3n) is 3.94. The number of hydrogen-bond donors (Lipinski definition) is 0. The first-order valence-electron chi connectivity index (χ1n) is 7.12. The van der Waals surface area contributed by atoms with Crippen molar-refractivity contribution in [1.29, 1.82) is 0 Å². The molecule has 0 aromatic heterocycles. The van der Waals surface area contributed by atoms with Crippen molar-refractivity contribution >= 4 is 32.6 Å². The molecule has 2 aromatic rings. The third kappa shape index (κ3) is 2.88. The average Bonchev–Trinajstić information content (AvgIpc) is 2.47. The summed E-state index contributed by atoms with van der Waals surface area (Å²) in [5.74, 6) is 0.241. The van der Waals surface area contributed by atoms with Gasteiger partial charge in [0, 0.05) is 17.9 Å². The summed E-state index contributed by atoms with van der Waals surface area (Å²) in [5, 5.41) is 2.39. The van der Waals surface area contributed by atoms with Crippen LogP contribution in [0.5, 0.6) is 0 Å². The quantitative estimate of drug-likeness (QED) is 0.767. The predicted octanol–water partition coefficient (Wildman–Crippen LogP) is 3.77. The van der Waals surface area contributed by atoms with Crippen molar-refractivity contribution in [2.24, 2.45) is 0 Å². The molecule has 1 fully saturated rings. The van der Waals surface area contributed by atoms with Gasteiger partial charge in [0.2, 0.25) is 5.91 Å². The van der Waals surface area contributed by atoms with E-state index in [9.17, 15) is 4.79 Å². The number of carbonyl (C=O) groups excluding carboxylic acids is 1. The topological polar surface area (TPSA) is 20.3 Å². The van der Waals surface area contributed by atoms with Crippen LogP contribution in [0.2, 0.25) is 0 Å². The van der Waals surface area contributed by atoms with Crippen LogP contribution in [-0.4, -0.2) is 28.7 Å². The molecule has 0 radical (unpaired) electrons. The zero-order valence-electron chi connectivity index (χ0n) is 11.4. The molecule has 0 bridgehead atoms. The molecule has 1 aliphatic rings. The van der Waals surface area contributed by atoms with Crippen LogP contribution in [0.3, 0.4) is 0 Å². The van der Waals surface area contributed by atoms with Gasteiger partial charge < -0.3 is 4.90 Å². The standard InChI is InChI=1S/C17H18BrNO/c18-15-8-4-10-19(12-15)17(20)11-14-7-3-6-13-5-1-2-9-16(13)14/h1-3,5-7,9,15H,4,8,10-12H2. The summed E-state index contributed by atoms with van der Waals surface area (Å²) in [6.07, 6.45) is 2.76. The Hall–Kier alpha value is -1.35. The molecule has 104 valence electrons. The summed E-state index contributed by atoms with van der Waals surface area (Å²) < 4.78 is 0. The molecule has 2 aromatic carbocycles. The number of carbonyl (C=O) groups is 1. The lowest BCUT2D eigenvalue weighted by molar-refractivity contribution is -0.131. The number of rotatable bonds is 2. The molecule has 1 unspecified atom stereocenters. The number of nitrogens with zero attached hydrogens (tertiary/aromatic N) is 1. The van der Waals surface area contributed by atoms with Gasteiger partial charge in [0.05, 0.1) is 6.42 Å². The van der Waals surface area contributed by atoms with Crippen molar-refractivity contribution in [3.63, 3.8) is 0 Å². The number of benzene rings is 2. The Morgan fingerprint density at radius 3 is 2.85 bits per heavy atom. The fourth-order valence-corrected chi connectivity index (χ4v) is 3.55. The van der Waals surface area contributed by atoms with Crippen LogP contribution in [0.1, 0.15) is 18.4 Å². The number of fused-ring (bicyclic) bond motifs is 1. The highest BCUT2D eigenvalue weighted by molar-refractivity contribution is 9.09. The van der Waals surface area contributed by atoms with Gasteiger partial charge in [-0.2, -0.15) is 0 Å². The van der Waals surface area contributed by atoms with Crippen LogP contribution < -0.4 is 0 Å². The van der Waals surface area contributed by atoms with E-state index in [1.54, 1.807) is 0 Å². The average molecular weight is 332 g/mol. The summed E-state index contributed by atoms with van der Waals surface area (Å²) in [6, 6.07) is 14.5. The molecular weight excluding hydrogens is 314 g/mol. The molecule has 1 atom stereocenters. The molecule has 3 rings (SSSR count). The Morgan fingerprint density at radius 1 is 1.20 bits per heavy atom. The van der Waals surface area contributed by atoms with Crippen LogP contribution in [-0.2, 0) is 11.2 Å². The fourth-order valence-electron chi connectivity index (χ4n) is 2.87. The van der Waals surface area contributed by atoms with Gasteiger partial charge in [-0.3, -0.25) is 4.79 Å². The number of likely N-dealkylation sites (tertiary alicyclic amines) is 1. The predicted molar refractivity (Wildman–Crippen MR) is 86.2 cm³/mol. The van der Waals surface area contributed by atoms with Crippen molar-refractivity contribution in [3.8, 4) is 0 Å². The fraction of sp³-hybridized carbons (Fsp3) is 0.353. The van der Waals surface area contributed by atoms with Crippen LogP contribution in [0, 0.1) is 0 Å². The largest absolute Gasteiger partial charge is 0.341 e. The summed E-state index contributed by atoms with van der Waals surface area (Å²) >= 11 is 3.63. The first-order valence-corrected chi connectivity index (χ1v) is 8.04. The molecule has 1 saturated heterocycles. The maximum atomic E-state index is 12.5. The van der Waals surface area contributed by atoms with Crippen LogP contribution >= 0.6 is 15.9 Å². The summed E-state index contributed by atoms with van der Waals surface area (Å²) in [4.78, 5) is 14.9. The van der Waals surface area contributed by atoms with E-state index in [1.807, 2.05) is 23.1 Å². The Labute approximate surface area is 127 Å². The first-order chi connectivity index (χ1) is 9.74. The van der Waals surface area contributed by atoms with E-state index in [-0.39, 0.29) is 5.91 Å². The normalized spacial score (nSPS) is 19.2. The van der Waals surface area contributed by atoms with Crippen molar-refractivity contribution in [2.45, 2.75) is 24.1 Å². The van der Waals surface area contributed by atoms with E-state index in [0.29, 0.717) is 11.2 Å². The number of hydrogen-bond acceptors (Lipinski definition) is 1. The van der Waals surface area contributed by atoms with E-state index in [2.05, 4.69) is 40.2 Å². The van der Waals surface area contributed by atoms with E-state index in [4.69, 9.17) is 0 Å². The number of alkyl halides is 1. The second-order valence-corrected chi connectivity index (χ2v) is 6.69. The molecule has 0 N–H and O–H groups in total.